The highest BCUT2D eigenvalue weighted by atomic mass is 79.9. The van der Waals surface area contributed by atoms with Gasteiger partial charge in [0.25, 0.3) is 18.0 Å². The maximum Gasteiger partial charge on any atom is 0.282 e. The molecule has 0 saturated carbocycles. The van der Waals surface area contributed by atoms with Gasteiger partial charge in [0.15, 0.2) is 0 Å². The molecule has 0 saturated heterocycles. The van der Waals surface area contributed by atoms with Crippen molar-refractivity contribution in [3.8, 4) is 0 Å². The zero-order chi connectivity index (χ0) is 14.4. The lowest BCUT2D eigenvalue weighted by Gasteiger charge is -2.21. The molecular weight excluding hydrogens is 326 g/mol. The number of nitrogens with zero attached hydrogens (tertiary/aromatic N) is 2. The molecule has 0 heterocycles. The van der Waals surface area contributed by atoms with Crippen LogP contribution < -0.4 is 0 Å². The summed E-state index contributed by atoms with van der Waals surface area (Å²) in [4.78, 5) is 23.1. The molecule has 0 aliphatic rings. The normalized spacial score (nSPS) is 10.5. The molecule has 19 heavy (non-hydrogen) atoms. The zero-order valence-corrected chi connectivity index (χ0v) is 11.3. The van der Waals surface area contributed by atoms with Gasteiger partial charge in [-0.1, -0.05) is 28.1 Å². The van der Waals surface area contributed by atoms with E-state index in [1.165, 1.54) is 24.3 Å². The summed E-state index contributed by atoms with van der Waals surface area (Å²) in [5.41, 5.74) is -0.574. The van der Waals surface area contributed by atoms with Crippen LogP contribution in [-0.2, 0) is 0 Å². The van der Waals surface area contributed by atoms with Crippen molar-refractivity contribution in [2.45, 2.75) is 6.43 Å². The van der Waals surface area contributed by atoms with Crippen molar-refractivity contribution in [3.63, 3.8) is 0 Å². The van der Waals surface area contributed by atoms with Crippen LogP contribution in [0.4, 0.5) is 14.5 Å². The Morgan fingerprint density at radius 2 is 2.05 bits per heavy atom. The summed E-state index contributed by atoms with van der Waals surface area (Å²) >= 11 is 3.06. The fraction of sp³-hybridized carbons (Fsp3) is 0.364. The number of carbonyl (C=O) groups excluding carboxylic acids is 1. The standard InChI is InChI=1S/C11H11BrF2N2O3/c12-5-6-15(7-10(13)14)11(17)8-3-1-2-4-9(8)16(18)19/h1-4,10H,5-7H2. The third-order valence-electron chi connectivity index (χ3n) is 2.33. The van der Waals surface area contributed by atoms with Gasteiger partial charge < -0.3 is 4.90 Å². The summed E-state index contributed by atoms with van der Waals surface area (Å²) in [6, 6.07) is 5.29. The van der Waals surface area contributed by atoms with Gasteiger partial charge in [0, 0.05) is 17.9 Å². The SMILES string of the molecule is O=C(c1ccccc1[N+](=O)[O-])N(CCBr)CC(F)F. The van der Waals surface area contributed by atoms with Crippen LogP contribution in [0.25, 0.3) is 0 Å². The molecule has 0 atom stereocenters. The second-order valence-corrected chi connectivity index (χ2v) is 4.40. The van der Waals surface area contributed by atoms with Crippen molar-refractivity contribution in [1.82, 2.24) is 4.90 Å². The molecule has 0 N–H and O–H groups in total. The Kier molecular flexibility index (Phi) is 5.81. The van der Waals surface area contributed by atoms with Gasteiger partial charge in [0.05, 0.1) is 11.5 Å². The van der Waals surface area contributed by atoms with Crippen LogP contribution in [0.1, 0.15) is 10.4 Å². The third-order valence-corrected chi connectivity index (χ3v) is 2.69. The number of para-hydroxylation sites is 1. The second-order valence-electron chi connectivity index (χ2n) is 3.61. The number of nitro groups is 1. The number of carbonyl (C=O) groups is 1. The average Bonchev–Trinajstić information content (AvgIpc) is 2.37. The van der Waals surface area contributed by atoms with E-state index in [-0.39, 0.29) is 17.8 Å². The van der Waals surface area contributed by atoms with Crippen molar-refractivity contribution in [3.05, 3.63) is 39.9 Å². The molecule has 104 valence electrons. The highest BCUT2D eigenvalue weighted by Crippen LogP contribution is 2.20. The van der Waals surface area contributed by atoms with E-state index in [1.54, 1.807) is 0 Å². The number of benzene rings is 1. The van der Waals surface area contributed by atoms with Crippen molar-refractivity contribution >= 4 is 27.5 Å². The molecular formula is C11H11BrF2N2O3. The van der Waals surface area contributed by atoms with Gasteiger partial charge in [-0.3, -0.25) is 14.9 Å². The lowest BCUT2D eigenvalue weighted by molar-refractivity contribution is -0.385. The van der Waals surface area contributed by atoms with Crippen molar-refractivity contribution in [2.75, 3.05) is 18.4 Å². The van der Waals surface area contributed by atoms with E-state index in [9.17, 15) is 23.7 Å². The number of amides is 1. The lowest BCUT2D eigenvalue weighted by atomic mass is 10.1. The molecule has 0 bridgehead atoms. The zero-order valence-electron chi connectivity index (χ0n) is 9.76. The third kappa shape index (κ3) is 4.23. The maximum absolute atomic E-state index is 12.4. The topological polar surface area (TPSA) is 63.4 Å². The van der Waals surface area contributed by atoms with Gasteiger partial charge in [-0.05, 0) is 6.07 Å². The Morgan fingerprint density at radius 1 is 1.42 bits per heavy atom. The van der Waals surface area contributed by atoms with Crippen LogP contribution in [0.5, 0.6) is 0 Å². The highest BCUT2D eigenvalue weighted by Gasteiger charge is 2.25. The quantitative estimate of drug-likeness (QED) is 0.455. The lowest BCUT2D eigenvalue weighted by Crippen LogP contribution is -2.36. The molecule has 0 unspecified atom stereocenters. The summed E-state index contributed by atoms with van der Waals surface area (Å²) in [5.74, 6) is -0.771. The van der Waals surface area contributed by atoms with E-state index in [0.717, 1.165) is 4.90 Å². The molecule has 1 amide bonds. The van der Waals surface area contributed by atoms with Crippen molar-refractivity contribution < 1.29 is 18.5 Å². The van der Waals surface area contributed by atoms with Gasteiger partial charge in [-0.2, -0.15) is 0 Å². The Hall–Kier alpha value is -1.57. The first-order valence-corrected chi connectivity index (χ1v) is 6.46. The Morgan fingerprint density at radius 3 is 2.58 bits per heavy atom. The fourth-order valence-electron chi connectivity index (χ4n) is 1.53. The molecule has 1 rings (SSSR count). The van der Waals surface area contributed by atoms with Gasteiger partial charge in [0.1, 0.15) is 5.56 Å². The molecule has 0 aliphatic heterocycles. The van der Waals surface area contributed by atoms with Crippen LogP contribution in [-0.4, -0.2) is 40.6 Å². The van der Waals surface area contributed by atoms with E-state index in [1.807, 2.05) is 0 Å². The summed E-state index contributed by atoms with van der Waals surface area (Å²) in [7, 11) is 0. The van der Waals surface area contributed by atoms with Gasteiger partial charge in [-0.15, -0.1) is 0 Å². The van der Waals surface area contributed by atoms with Crippen molar-refractivity contribution in [2.24, 2.45) is 0 Å². The Bertz CT molecular complexity index is 471. The first-order chi connectivity index (χ1) is 8.97. The fourth-order valence-corrected chi connectivity index (χ4v) is 1.96. The van der Waals surface area contributed by atoms with Crippen molar-refractivity contribution in [1.29, 1.82) is 0 Å². The molecule has 0 radical (unpaired) electrons. The number of hydrogen-bond acceptors (Lipinski definition) is 3. The second kappa shape index (κ2) is 7.13. The number of nitro benzene ring substituents is 1. The van der Waals surface area contributed by atoms with E-state index >= 15 is 0 Å². The minimum absolute atomic E-state index is 0.0508. The molecule has 0 spiro atoms. The smallest absolute Gasteiger partial charge is 0.282 e. The van der Waals surface area contributed by atoms with E-state index in [4.69, 9.17) is 0 Å². The van der Waals surface area contributed by atoms with Crippen LogP contribution in [0.3, 0.4) is 0 Å². The number of halogens is 3. The maximum atomic E-state index is 12.4. The van der Waals surface area contributed by atoms with Gasteiger partial charge in [0.2, 0.25) is 0 Å². The number of hydrogen-bond donors (Lipinski definition) is 0. The first-order valence-electron chi connectivity index (χ1n) is 5.34. The predicted octanol–water partition coefficient (Wildman–Crippen LogP) is 2.70. The Balaban J connectivity index is 3.05. The molecule has 1 aromatic rings. The minimum atomic E-state index is -2.69. The van der Waals surface area contributed by atoms with E-state index < -0.39 is 23.8 Å². The molecule has 5 nitrogen and oxygen atoms in total. The number of rotatable bonds is 6. The number of alkyl halides is 3. The highest BCUT2D eigenvalue weighted by molar-refractivity contribution is 9.09. The van der Waals surface area contributed by atoms with Gasteiger partial charge >= 0.3 is 0 Å². The molecule has 8 heteroatoms. The molecule has 0 fully saturated rings. The largest absolute Gasteiger partial charge is 0.332 e. The van der Waals surface area contributed by atoms with E-state index in [0.29, 0.717) is 5.33 Å². The summed E-state index contributed by atoms with van der Waals surface area (Å²) in [6.45, 7) is -0.703. The Labute approximate surface area is 116 Å². The summed E-state index contributed by atoms with van der Waals surface area (Å²) in [6.07, 6.45) is -2.69. The summed E-state index contributed by atoms with van der Waals surface area (Å²) < 4.78 is 24.8. The predicted molar refractivity (Wildman–Crippen MR) is 68.8 cm³/mol. The molecule has 0 aromatic heterocycles. The first kappa shape index (κ1) is 15.5. The van der Waals surface area contributed by atoms with Crippen LogP contribution in [0.15, 0.2) is 24.3 Å². The van der Waals surface area contributed by atoms with Crippen LogP contribution >= 0.6 is 15.9 Å². The average molecular weight is 337 g/mol. The van der Waals surface area contributed by atoms with Crippen LogP contribution in [0.2, 0.25) is 0 Å². The summed E-state index contributed by atoms with van der Waals surface area (Å²) in [5, 5.41) is 11.1. The minimum Gasteiger partial charge on any atom is -0.332 e. The molecule has 1 aromatic carbocycles. The van der Waals surface area contributed by atoms with Crippen LogP contribution in [0, 0.1) is 10.1 Å². The molecule has 0 aliphatic carbocycles. The monoisotopic (exact) mass is 336 g/mol. The van der Waals surface area contributed by atoms with Gasteiger partial charge in [-0.25, -0.2) is 8.78 Å². The van der Waals surface area contributed by atoms with E-state index in [2.05, 4.69) is 15.9 Å².